The molecule has 0 unspecified atom stereocenters. The molecule has 0 amide bonds. The van der Waals surface area contributed by atoms with Crippen LogP contribution in [0.5, 0.6) is 0 Å². The number of nitrogens with one attached hydrogen (secondary N) is 2. The Morgan fingerprint density at radius 3 is 2.09 bits per heavy atom. The number of carbonyl (C=O) groups excluding carboxylic acids is 1. The average Bonchev–Trinajstić information content (AvgIpc) is 2.83. The minimum atomic E-state index is -3.88. The molecule has 4 rings (SSSR count). The monoisotopic (exact) mass is 462 g/mol. The Balaban J connectivity index is 1.66. The van der Waals surface area contributed by atoms with Crippen molar-refractivity contribution < 1.29 is 17.9 Å². The van der Waals surface area contributed by atoms with E-state index in [1.54, 1.807) is 60.7 Å². The van der Waals surface area contributed by atoms with Crippen LogP contribution in [0.3, 0.4) is 0 Å². The Morgan fingerprint density at radius 2 is 1.45 bits per heavy atom. The van der Waals surface area contributed by atoms with Gasteiger partial charge in [-0.2, -0.15) is 0 Å². The molecule has 2 N–H and O–H groups in total. The largest absolute Gasteiger partial charge is 0.462 e. The van der Waals surface area contributed by atoms with Gasteiger partial charge in [-0.1, -0.05) is 37.3 Å². The standard InChI is InChI=1S/C24H22N4O4S/c1-2-16-32-24(29)17-12-14-18(15-13-17)25-22-23(27-21-11-7-6-10-20(21)26-22)28-33(30,31)19-8-4-3-5-9-19/h3-15H,2,16H2,1H3,(H,25,26)(H,27,28). The maximum Gasteiger partial charge on any atom is 0.338 e. The van der Waals surface area contributed by atoms with Gasteiger partial charge >= 0.3 is 5.97 Å². The second-order valence-corrected chi connectivity index (χ2v) is 8.85. The predicted molar refractivity (Wildman–Crippen MR) is 127 cm³/mol. The molecule has 0 atom stereocenters. The second kappa shape index (κ2) is 9.66. The van der Waals surface area contributed by atoms with Gasteiger partial charge in [0.2, 0.25) is 0 Å². The van der Waals surface area contributed by atoms with Crippen molar-refractivity contribution in [2.45, 2.75) is 18.2 Å². The summed E-state index contributed by atoms with van der Waals surface area (Å²) in [5, 5.41) is 3.10. The number of fused-ring (bicyclic) bond motifs is 1. The van der Waals surface area contributed by atoms with Crippen molar-refractivity contribution in [1.82, 2.24) is 9.97 Å². The fraction of sp³-hybridized carbons (Fsp3) is 0.125. The van der Waals surface area contributed by atoms with E-state index >= 15 is 0 Å². The third-order valence-electron chi connectivity index (χ3n) is 4.68. The van der Waals surface area contributed by atoms with Gasteiger partial charge in [-0.25, -0.2) is 23.2 Å². The van der Waals surface area contributed by atoms with Crippen LogP contribution in [0.1, 0.15) is 23.7 Å². The number of aromatic nitrogens is 2. The molecule has 33 heavy (non-hydrogen) atoms. The summed E-state index contributed by atoms with van der Waals surface area (Å²) in [5.41, 5.74) is 2.17. The lowest BCUT2D eigenvalue weighted by molar-refractivity contribution is 0.0505. The predicted octanol–water partition coefficient (Wildman–Crippen LogP) is 4.74. The van der Waals surface area contributed by atoms with Gasteiger partial charge in [-0.15, -0.1) is 0 Å². The van der Waals surface area contributed by atoms with Crippen LogP contribution in [0.2, 0.25) is 0 Å². The Kier molecular flexibility index (Phi) is 6.50. The molecule has 0 saturated carbocycles. The van der Waals surface area contributed by atoms with Crippen molar-refractivity contribution in [3.05, 3.63) is 84.4 Å². The van der Waals surface area contributed by atoms with Gasteiger partial charge in [-0.3, -0.25) is 4.72 Å². The average molecular weight is 463 g/mol. The number of esters is 1. The summed E-state index contributed by atoms with van der Waals surface area (Å²) < 4.78 is 33.5. The summed E-state index contributed by atoms with van der Waals surface area (Å²) >= 11 is 0. The number of carbonyl (C=O) groups is 1. The van der Waals surface area contributed by atoms with Gasteiger partial charge < -0.3 is 10.1 Å². The summed E-state index contributed by atoms with van der Waals surface area (Å²) in [6, 6.07) is 21.8. The normalized spacial score (nSPS) is 11.2. The number of benzene rings is 3. The van der Waals surface area contributed by atoms with E-state index in [9.17, 15) is 13.2 Å². The molecule has 1 aromatic heterocycles. The highest BCUT2D eigenvalue weighted by molar-refractivity contribution is 7.92. The molecule has 0 aliphatic rings. The fourth-order valence-electron chi connectivity index (χ4n) is 3.05. The Morgan fingerprint density at radius 1 is 0.848 bits per heavy atom. The molecule has 0 spiro atoms. The first kappa shape index (κ1) is 22.2. The summed E-state index contributed by atoms with van der Waals surface area (Å²) in [6.45, 7) is 2.28. The van der Waals surface area contributed by atoms with Crippen molar-refractivity contribution >= 4 is 44.3 Å². The minimum absolute atomic E-state index is 0.0592. The van der Waals surface area contributed by atoms with Crippen LogP contribution in [0.25, 0.3) is 11.0 Å². The number of sulfonamides is 1. The third kappa shape index (κ3) is 5.27. The molecule has 4 aromatic rings. The van der Waals surface area contributed by atoms with Crippen molar-refractivity contribution in [2.75, 3.05) is 16.6 Å². The first-order chi connectivity index (χ1) is 16.0. The molecule has 0 aliphatic carbocycles. The van der Waals surface area contributed by atoms with Gasteiger partial charge in [0.15, 0.2) is 11.6 Å². The van der Waals surface area contributed by atoms with E-state index in [1.165, 1.54) is 12.1 Å². The first-order valence-corrected chi connectivity index (χ1v) is 11.8. The number of para-hydroxylation sites is 2. The number of rotatable bonds is 8. The van der Waals surface area contributed by atoms with Crippen LogP contribution >= 0.6 is 0 Å². The molecule has 0 aliphatic heterocycles. The van der Waals surface area contributed by atoms with Crippen LogP contribution in [-0.4, -0.2) is 31.0 Å². The summed E-state index contributed by atoms with van der Waals surface area (Å²) in [5.74, 6) is -0.108. The number of nitrogens with zero attached hydrogens (tertiary/aromatic N) is 2. The van der Waals surface area contributed by atoms with Gasteiger partial charge in [0, 0.05) is 5.69 Å². The molecule has 168 valence electrons. The molecule has 9 heteroatoms. The SMILES string of the molecule is CCCOC(=O)c1ccc(Nc2nc3ccccc3nc2NS(=O)(=O)c2ccccc2)cc1. The highest BCUT2D eigenvalue weighted by Crippen LogP contribution is 2.27. The zero-order valence-corrected chi connectivity index (χ0v) is 18.7. The van der Waals surface area contributed by atoms with Gasteiger partial charge in [0.1, 0.15) is 0 Å². The van der Waals surface area contributed by atoms with Crippen LogP contribution in [-0.2, 0) is 14.8 Å². The second-order valence-electron chi connectivity index (χ2n) is 7.17. The lowest BCUT2D eigenvalue weighted by Gasteiger charge is -2.14. The Hall–Kier alpha value is -3.98. The number of hydrogen-bond donors (Lipinski definition) is 2. The minimum Gasteiger partial charge on any atom is -0.462 e. The zero-order chi connectivity index (χ0) is 23.3. The molecule has 3 aromatic carbocycles. The highest BCUT2D eigenvalue weighted by Gasteiger charge is 2.19. The van der Waals surface area contributed by atoms with E-state index in [-0.39, 0.29) is 16.5 Å². The van der Waals surface area contributed by atoms with Crippen LogP contribution in [0.15, 0.2) is 83.8 Å². The highest BCUT2D eigenvalue weighted by atomic mass is 32.2. The molecule has 0 radical (unpaired) electrons. The number of anilines is 3. The summed E-state index contributed by atoms with van der Waals surface area (Å²) in [7, 11) is -3.88. The third-order valence-corrected chi connectivity index (χ3v) is 6.03. The zero-order valence-electron chi connectivity index (χ0n) is 17.9. The van der Waals surface area contributed by atoms with Gasteiger partial charge in [0.25, 0.3) is 10.0 Å². The van der Waals surface area contributed by atoms with Crippen molar-refractivity contribution in [3.8, 4) is 0 Å². The molecular weight excluding hydrogens is 440 g/mol. The van der Waals surface area contributed by atoms with E-state index in [1.807, 2.05) is 13.0 Å². The first-order valence-electron chi connectivity index (χ1n) is 10.3. The smallest absolute Gasteiger partial charge is 0.338 e. The topological polar surface area (TPSA) is 110 Å². The Bertz CT molecular complexity index is 1380. The van der Waals surface area contributed by atoms with E-state index in [4.69, 9.17) is 4.74 Å². The summed E-state index contributed by atoms with van der Waals surface area (Å²) in [4.78, 5) is 21.2. The molecule has 0 bridgehead atoms. The van der Waals surface area contributed by atoms with Crippen molar-refractivity contribution in [2.24, 2.45) is 0 Å². The van der Waals surface area contributed by atoms with E-state index in [0.717, 1.165) is 6.42 Å². The van der Waals surface area contributed by atoms with E-state index in [2.05, 4.69) is 20.0 Å². The Labute approximate surface area is 191 Å². The van der Waals surface area contributed by atoms with Gasteiger partial charge in [0.05, 0.1) is 28.1 Å². The molecule has 1 heterocycles. The molecular formula is C24H22N4O4S. The van der Waals surface area contributed by atoms with Crippen molar-refractivity contribution in [1.29, 1.82) is 0 Å². The van der Waals surface area contributed by atoms with Crippen LogP contribution in [0, 0.1) is 0 Å². The van der Waals surface area contributed by atoms with Crippen LogP contribution in [0.4, 0.5) is 17.3 Å². The molecule has 0 fully saturated rings. The van der Waals surface area contributed by atoms with Gasteiger partial charge in [-0.05, 0) is 55.0 Å². The van der Waals surface area contributed by atoms with E-state index < -0.39 is 16.0 Å². The lowest BCUT2D eigenvalue weighted by atomic mass is 10.2. The van der Waals surface area contributed by atoms with E-state index in [0.29, 0.717) is 28.9 Å². The lowest BCUT2D eigenvalue weighted by Crippen LogP contribution is -2.16. The summed E-state index contributed by atoms with van der Waals surface area (Å²) in [6.07, 6.45) is 0.744. The number of hydrogen-bond acceptors (Lipinski definition) is 7. The maximum absolute atomic E-state index is 12.9. The number of ether oxygens (including phenoxy) is 1. The molecule has 8 nitrogen and oxygen atoms in total. The van der Waals surface area contributed by atoms with Crippen molar-refractivity contribution in [3.63, 3.8) is 0 Å². The fourth-order valence-corrected chi connectivity index (χ4v) is 4.08. The molecule has 0 saturated heterocycles. The maximum atomic E-state index is 12.9. The quantitative estimate of drug-likeness (QED) is 0.364. The van der Waals surface area contributed by atoms with Crippen LogP contribution < -0.4 is 10.0 Å².